The molecule has 1 aliphatic rings. The van der Waals surface area contributed by atoms with E-state index < -0.39 is 0 Å². The Hall–Kier alpha value is -1.02. The number of methoxy groups -OCH3 is 1. The molecule has 1 fully saturated rings. The Kier molecular flexibility index (Phi) is 3.41. The van der Waals surface area contributed by atoms with Gasteiger partial charge >= 0.3 is 0 Å². The standard InChI is InChI=1S/C16H25NO/c1-15(2)14(16(15,3)4)11-17-10-12-8-6-7-9-13(12)18-5/h6-9,14,17H,10-11H2,1-5H3. The van der Waals surface area contributed by atoms with Crippen LogP contribution in [0.2, 0.25) is 0 Å². The lowest BCUT2D eigenvalue weighted by Gasteiger charge is -2.10. The molecule has 0 amide bonds. The van der Waals surface area contributed by atoms with Crippen molar-refractivity contribution in [1.29, 1.82) is 0 Å². The Morgan fingerprint density at radius 1 is 1.11 bits per heavy atom. The van der Waals surface area contributed by atoms with E-state index in [2.05, 4.69) is 45.1 Å². The molecule has 0 atom stereocenters. The smallest absolute Gasteiger partial charge is 0.123 e. The fourth-order valence-electron chi connectivity index (χ4n) is 3.04. The van der Waals surface area contributed by atoms with Crippen molar-refractivity contribution in [2.45, 2.75) is 34.2 Å². The van der Waals surface area contributed by atoms with Gasteiger partial charge in [-0.3, -0.25) is 0 Å². The maximum Gasteiger partial charge on any atom is 0.123 e. The number of nitrogens with one attached hydrogen (secondary N) is 1. The second-order valence-corrected chi connectivity index (χ2v) is 6.44. The first-order valence-corrected chi connectivity index (χ1v) is 6.74. The van der Waals surface area contributed by atoms with E-state index >= 15 is 0 Å². The molecule has 1 aromatic carbocycles. The monoisotopic (exact) mass is 247 g/mol. The molecule has 0 spiro atoms. The van der Waals surface area contributed by atoms with Crippen molar-refractivity contribution in [1.82, 2.24) is 5.32 Å². The molecule has 0 unspecified atom stereocenters. The average Bonchev–Trinajstić information content (AvgIpc) is 2.72. The summed E-state index contributed by atoms with van der Waals surface area (Å²) in [6, 6.07) is 8.21. The Bertz CT molecular complexity index is 409. The second-order valence-electron chi connectivity index (χ2n) is 6.44. The fraction of sp³-hybridized carbons (Fsp3) is 0.625. The van der Waals surface area contributed by atoms with Crippen molar-refractivity contribution in [2.75, 3.05) is 13.7 Å². The van der Waals surface area contributed by atoms with Crippen molar-refractivity contribution in [3.8, 4) is 5.75 Å². The number of hydrogen-bond acceptors (Lipinski definition) is 2. The molecule has 100 valence electrons. The third kappa shape index (κ3) is 2.14. The summed E-state index contributed by atoms with van der Waals surface area (Å²) in [7, 11) is 1.73. The van der Waals surface area contributed by atoms with Gasteiger partial charge in [0.15, 0.2) is 0 Å². The zero-order chi connectivity index (χ0) is 13.4. The van der Waals surface area contributed by atoms with Crippen LogP contribution in [0.1, 0.15) is 33.3 Å². The minimum Gasteiger partial charge on any atom is -0.496 e. The largest absolute Gasteiger partial charge is 0.496 e. The van der Waals surface area contributed by atoms with Gasteiger partial charge in [-0.2, -0.15) is 0 Å². The van der Waals surface area contributed by atoms with Crippen molar-refractivity contribution in [3.05, 3.63) is 29.8 Å². The highest BCUT2D eigenvalue weighted by molar-refractivity contribution is 5.33. The molecular weight excluding hydrogens is 222 g/mol. The highest BCUT2D eigenvalue weighted by atomic mass is 16.5. The van der Waals surface area contributed by atoms with E-state index in [1.165, 1.54) is 5.56 Å². The van der Waals surface area contributed by atoms with Gasteiger partial charge in [0.2, 0.25) is 0 Å². The van der Waals surface area contributed by atoms with Crippen LogP contribution in [0.5, 0.6) is 5.75 Å². The fourth-order valence-corrected chi connectivity index (χ4v) is 3.04. The predicted octanol–water partition coefficient (Wildman–Crippen LogP) is 3.47. The van der Waals surface area contributed by atoms with Crippen LogP contribution in [0.25, 0.3) is 0 Å². The summed E-state index contributed by atoms with van der Waals surface area (Å²) >= 11 is 0. The number of benzene rings is 1. The molecule has 1 aromatic rings. The highest BCUT2D eigenvalue weighted by Gasteiger charge is 2.63. The van der Waals surface area contributed by atoms with Crippen molar-refractivity contribution in [2.24, 2.45) is 16.7 Å². The third-order valence-corrected chi connectivity index (χ3v) is 5.18. The molecule has 18 heavy (non-hydrogen) atoms. The molecule has 1 N–H and O–H groups in total. The number of ether oxygens (including phenoxy) is 1. The molecule has 1 saturated carbocycles. The molecule has 0 bridgehead atoms. The Balaban J connectivity index is 1.87. The van der Waals surface area contributed by atoms with E-state index in [-0.39, 0.29) is 0 Å². The molecule has 0 aliphatic heterocycles. The summed E-state index contributed by atoms with van der Waals surface area (Å²) in [6.07, 6.45) is 0. The first-order valence-electron chi connectivity index (χ1n) is 6.74. The lowest BCUT2D eigenvalue weighted by molar-refractivity contribution is 0.406. The van der Waals surface area contributed by atoms with Crippen LogP contribution in [0.4, 0.5) is 0 Å². The summed E-state index contributed by atoms with van der Waals surface area (Å²) in [6.45, 7) is 11.4. The van der Waals surface area contributed by atoms with E-state index in [1.807, 2.05) is 12.1 Å². The second kappa shape index (κ2) is 4.58. The van der Waals surface area contributed by atoms with E-state index in [0.29, 0.717) is 10.8 Å². The first-order chi connectivity index (χ1) is 8.41. The number of hydrogen-bond donors (Lipinski definition) is 1. The molecule has 0 aromatic heterocycles. The van der Waals surface area contributed by atoms with Gasteiger partial charge in [-0.1, -0.05) is 45.9 Å². The zero-order valence-corrected chi connectivity index (χ0v) is 12.2. The molecule has 1 aliphatic carbocycles. The van der Waals surface area contributed by atoms with Gasteiger partial charge in [-0.15, -0.1) is 0 Å². The lowest BCUT2D eigenvalue weighted by Crippen LogP contribution is -2.19. The quantitative estimate of drug-likeness (QED) is 0.860. The third-order valence-electron chi connectivity index (χ3n) is 5.18. The molecule has 0 heterocycles. The van der Waals surface area contributed by atoms with E-state index in [1.54, 1.807) is 7.11 Å². The normalized spacial score (nSPS) is 20.7. The van der Waals surface area contributed by atoms with E-state index in [4.69, 9.17) is 4.74 Å². The van der Waals surface area contributed by atoms with Gasteiger partial charge in [0, 0.05) is 12.1 Å². The van der Waals surface area contributed by atoms with Gasteiger partial charge in [0.05, 0.1) is 7.11 Å². The minimum absolute atomic E-state index is 0.459. The lowest BCUT2D eigenvalue weighted by atomic mass is 10.0. The van der Waals surface area contributed by atoms with Crippen LogP contribution in [0, 0.1) is 16.7 Å². The average molecular weight is 247 g/mol. The topological polar surface area (TPSA) is 21.3 Å². The van der Waals surface area contributed by atoms with Crippen LogP contribution in [0.15, 0.2) is 24.3 Å². The van der Waals surface area contributed by atoms with Crippen molar-refractivity contribution < 1.29 is 4.74 Å². The summed E-state index contributed by atoms with van der Waals surface area (Å²) in [5, 5.41) is 3.57. The molecular formula is C16H25NO. The van der Waals surface area contributed by atoms with Crippen LogP contribution < -0.4 is 10.1 Å². The zero-order valence-electron chi connectivity index (χ0n) is 12.2. The summed E-state index contributed by atoms with van der Waals surface area (Å²) in [5.74, 6) is 1.74. The Morgan fingerprint density at radius 2 is 1.72 bits per heavy atom. The predicted molar refractivity (Wildman–Crippen MR) is 75.8 cm³/mol. The minimum atomic E-state index is 0.459. The number of para-hydroxylation sites is 1. The van der Waals surface area contributed by atoms with E-state index in [0.717, 1.165) is 24.8 Å². The van der Waals surface area contributed by atoms with Crippen molar-refractivity contribution >= 4 is 0 Å². The number of rotatable bonds is 5. The first kappa shape index (κ1) is 13.4. The maximum atomic E-state index is 5.36. The van der Waals surface area contributed by atoms with E-state index in [9.17, 15) is 0 Å². The van der Waals surface area contributed by atoms with Gasteiger partial charge < -0.3 is 10.1 Å². The highest BCUT2D eigenvalue weighted by Crippen LogP contribution is 2.67. The van der Waals surface area contributed by atoms with Crippen LogP contribution >= 0.6 is 0 Å². The molecule has 2 nitrogen and oxygen atoms in total. The maximum absolute atomic E-state index is 5.36. The van der Waals surface area contributed by atoms with Crippen LogP contribution in [-0.4, -0.2) is 13.7 Å². The SMILES string of the molecule is COc1ccccc1CNCC1C(C)(C)C1(C)C. The summed E-state index contributed by atoms with van der Waals surface area (Å²) in [4.78, 5) is 0. The van der Waals surface area contributed by atoms with Crippen molar-refractivity contribution in [3.63, 3.8) is 0 Å². The van der Waals surface area contributed by atoms with Crippen LogP contribution in [-0.2, 0) is 6.54 Å². The molecule has 2 rings (SSSR count). The van der Waals surface area contributed by atoms with Gasteiger partial charge in [-0.05, 0) is 29.4 Å². The van der Waals surface area contributed by atoms with Gasteiger partial charge in [-0.25, -0.2) is 0 Å². The Morgan fingerprint density at radius 3 is 2.28 bits per heavy atom. The molecule has 2 heteroatoms. The van der Waals surface area contributed by atoms with Gasteiger partial charge in [0.25, 0.3) is 0 Å². The van der Waals surface area contributed by atoms with Crippen LogP contribution in [0.3, 0.4) is 0 Å². The molecule has 0 saturated heterocycles. The summed E-state index contributed by atoms with van der Waals surface area (Å²) < 4.78 is 5.36. The van der Waals surface area contributed by atoms with Gasteiger partial charge in [0.1, 0.15) is 5.75 Å². The molecule has 0 radical (unpaired) electrons. The summed E-state index contributed by atoms with van der Waals surface area (Å²) in [5.41, 5.74) is 2.15. The Labute approximate surface area is 111 Å².